The fraction of sp³-hybridized carbons (Fsp3) is 0.148. The number of sulfonamides is 1. The highest BCUT2D eigenvalue weighted by Gasteiger charge is 2.10. The van der Waals surface area contributed by atoms with Crippen LogP contribution in [-0.4, -0.2) is 35.0 Å². The van der Waals surface area contributed by atoms with E-state index >= 15 is 0 Å². The predicted octanol–water partition coefficient (Wildman–Crippen LogP) is 4.26. The van der Waals surface area contributed by atoms with Crippen molar-refractivity contribution in [1.29, 1.82) is 0 Å². The monoisotopic (exact) mass is 544 g/mol. The first-order chi connectivity index (χ1) is 18.8. The van der Waals surface area contributed by atoms with Gasteiger partial charge < -0.3 is 25.3 Å². The van der Waals surface area contributed by atoms with E-state index < -0.39 is 10.0 Å². The first kappa shape index (κ1) is 25.9. The molecule has 2 aromatic heterocycles. The smallest absolute Gasteiger partial charge is 0.229 e. The topological polar surface area (TPSA) is 149 Å². The number of hydrogen-bond donors (Lipinski definition) is 4. The quantitative estimate of drug-likeness (QED) is 0.202. The molecule has 39 heavy (non-hydrogen) atoms. The fourth-order valence-electron chi connectivity index (χ4n) is 4.03. The standard InChI is InChI=1S/C27H28N8O3S/c1-35-24-12-5-19(15-23(24)33-27(35)32-21-8-10-22(38-2)11-9-21)16-30-25-13-14-29-26(34-25)31-20-6-3-18(4-7-20)17-39(28,36)37/h3-15H,16-17H2,1-2H3,(H,32,33)(H2,28,36,37)(H2,29,30,31,34). The summed E-state index contributed by atoms with van der Waals surface area (Å²) < 4.78 is 29.8. The van der Waals surface area contributed by atoms with Gasteiger partial charge in [0.05, 0.1) is 23.9 Å². The largest absolute Gasteiger partial charge is 0.497 e. The van der Waals surface area contributed by atoms with Gasteiger partial charge in [-0.1, -0.05) is 18.2 Å². The van der Waals surface area contributed by atoms with E-state index in [0.29, 0.717) is 23.9 Å². The molecule has 0 unspecified atom stereocenters. The first-order valence-corrected chi connectivity index (χ1v) is 13.8. The van der Waals surface area contributed by atoms with Crippen molar-refractivity contribution in [2.45, 2.75) is 12.3 Å². The van der Waals surface area contributed by atoms with Crippen LogP contribution >= 0.6 is 0 Å². The van der Waals surface area contributed by atoms with E-state index in [4.69, 9.17) is 14.9 Å². The minimum absolute atomic E-state index is 0.214. The second-order valence-electron chi connectivity index (χ2n) is 8.92. The van der Waals surface area contributed by atoms with Crippen LogP contribution < -0.4 is 25.8 Å². The zero-order valence-electron chi connectivity index (χ0n) is 21.4. The average molecular weight is 545 g/mol. The third-order valence-corrected chi connectivity index (χ3v) is 6.73. The maximum Gasteiger partial charge on any atom is 0.229 e. The SMILES string of the molecule is COc1ccc(Nc2nc3cc(CNc4ccnc(Nc5ccc(CS(N)(=O)=O)cc5)n4)ccc3n2C)cc1. The van der Waals surface area contributed by atoms with Crippen molar-refractivity contribution in [3.8, 4) is 5.75 Å². The van der Waals surface area contributed by atoms with E-state index in [9.17, 15) is 8.42 Å². The molecule has 0 aliphatic carbocycles. The fourth-order valence-corrected chi connectivity index (χ4v) is 4.68. The van der Waals surface area contributed by atoms with Crippen molar-refractivity contribution in [2.24, 2.45) is 12.2 Å². The molecule has 12 heteroatoms. The molecule has 0 atom stereocenters. The Kier molecular flexibility index (Phi) is 7.30. The van der Waals surface area contributed by atoms with Crippen LogP contribution in [0, 0.1) is 0 Å². The van der Waals surface area contributed by atoms with Crippen LogP contribution in [0.4, 0.5) is 29.1 Å². The molecule has 0 bridgehead atoms. The van der Waals surface area contributed by atoms with E-state index in [-0.39, 0.29) is 5.75 Å². The minimum Gasteiger partial charge on any atom is -0.497 e. The van der Waals surface area contributed by atoms with Crippen LogP contribution in [0.25, 0.3) is 11.0 Å². The number of methoxy groups -OCH3 is 1. The van der Waals surface area contributed by atoms with Crippen molar-refractivity contribution in [3.05, 3.63) is 90.1 Å². The number of anilines is 5. The molecule has 0 spiro atoms. The lowest BCUT2D eigenvalue weighted by Crippen LogP contribution is -2.14. The number of rotatable bonds is 10. The molecule has 0 saturated heterocycles. The number of nitrogens with zero attached hydrogens (tertiary/aromatic N) is 4. The van der Waals surface area contributed by atoms with Crippen molar-refractivity contribution >= 4 is 50.1 Å². The number of nitrogens with one attached hydrogen (secondary N) is 3. The van der Waals surface area contributed by atoms with Gasteiger partial charge in [0, 0.05) is 31.2 Å². The molecule has 0 aliphatic heterocycles. The van der Waals surface area contributed by atoms with E-state index in [1.54, 1.807) is 43.6 Å². The summed E-state index contributed by atoms with van der Waals surface area (Å²) in [6.07, 6.45) is 1.66. The zero-order chi connectivity index (χ0) is 27.4. The van der Waals surface area contributed by atoms with Crippen LogP contribution in [0.2, 0.25) is 0 Å². The number of primary sulfonamides is 1. The van der Waals surface area contributed by atoms with Crippen molar-refractivity contribution in [1.82, 2.24) is 19.5 Å². The number of hydrogen-bond acceptors (Lipinski definition) is 9. The Balaban J connectivity index is 1.23. The van der Waals surface area contributed by atoms with Gasteiger partial charge in [0.15, 0.2) is 0 Å². The van der Waals surface area contributed by atoms with Crippen LogP contribution in [0.15, 0.2) is 79.0 Å². The molecular formula is C27H28N8O3S. The number of nitrogens with two attached hydrogens (primary N) is 1. The van der Waals surface area contributed by atoms with Crippen LogP contribution in [-0.2, 0) is 29.4 Å². The van der Waals surface area contributed by atoms with Crippen molar-refractivity contribution < 1.29 is 13.2 Å². The molecule has 2 heterocycles. The number of benzene rings is 3. The summed E-state index contributed by atoms with van der Waals surface area (Å²) in [5, 5.41) is 14.9. The van der Waals surface area contributed by atoms with Gasteiger partial charge in [-0.3, -0.25) is 0 Å². The Morgan fingerprint density at radius 1 is 0.897 bits per heavy atom. The molecular weight excluding hydrogens is 516 g/mol. The predicted molar refractivity (Wildman–Crippen MR) is 153 cm³/mol. The maximum absolute atomic E-state index is 11.3. The summed E-state index contributed by atoms with van der Waals surface area (Å²) in [5.74, 6) is 2.39. The Morgan fingerprint density at radius 2 is 1.59 bits per heavy atom. The van der Waals surface area contributed by atoms with E-state index in [0.717, 1.165) is 39.7 Å². The summed E-state index contributed by atoms with van der Waals surface area (Å²) in [6, 6.07) is 22.5. The Morgan fingerprint density at radius 3 is 2.31 bits per heavy atom. The Labute approximate surface area is 226 Å². The molecule has 200 valence electrons. The van der Waals surface area contributed by atoms with Crippen molar-refractivity contribution in [2.75, 3.05) is 23.1 Å². The lowest BCUT2D eigenvalue weighted by molar-refractivity contribution is 0.415. The number of aryl methyl sites for hydroxylation is 1. The van der Waals surface area contributed by atoms with Gasteiger partial charge in [-0.15, -0.1) is 0 Å². The molecule has 11 nitrogen and oxygen atoms in total. The number of imidazole rings is 1. The molecule has 5 rings (SSSR count). The molecule has 0 radical (unpaired) electrons. The van der Waals surface area contributed by atoms with Crippen LogP contribution in [0.1, 0.15) is 11.1 Å². The van der Waals surface area contributed by atoms with Crippen LogP contribution in [0.5, 0.6) is 5.75 Å². The molecule has 0 fully saturated rings. The summed E-state index contributed by atoms with van der Waals surface area (Å²) in [7, 11) is 0.0393. The number of fused-ring (bicyclic) bond motifs is 1. The zero-order valence-corrected chi connectivity index (χ0v) is 22.2. The normalized spacial score (nSPS) is 11.4. The highest BCUT2D eigenvalue weighted by atomic mass is 32.2. The minimum atomic E-state index is -3.58. The van der Waals surface area contributed by atoms with Gasteiger partial charge in [-0.2, -0.15) is 4.98 Å². The van der Waals surface area contributed by atoms with E-state index in [1.165, 1.54) is 0 Å². The van der Waals surface area contributed by atoms with Crippen LogP contribution in [0.3, 0.4) is 0 Å². The second-order valence-corrected chi connectivity index (χ2v) is 10.5. The van der Waals surface area contributed by atoms with Gasteiger partial charge >= 0.3 is 0 Å². The summed E-state index contributed by atoms with van der Waals surface area (Å²) >= 11 is 0. The Bertz CT molecular complexity index is 1700. The number of ether oxygens (including phenoxy) is 1. The lowest BCUT2D eigenvalue weighted by Gasteiger charge is -2.09. The molecule has 0 aliphatic rings. The van der Waals surface area contributed by atoms with Gasteiger partial charge in [0.1, 0.15) is 11.6 Å². The average Bonchev–Trinajstić information content (AvgIpc) is 3.22. The third-order valence-electron chi connectivity index (χ3n) is 6.00. The van der Waals surface area contributed by atoms with Gasteiger partial charge in [-0.25, -0.2) is 23.5 Å². The number of aromatic nitrogens is 4. The molecule has 0 amide bonds. The second kappa shape index (κ2) is 11.0. The Hall–Kier alpha value is -4.68. The highest BCUT2D eigenvalue weighted by Crippen LogP contribution is 2.24. The van der Waals surface area contributed by atoms with E-state index in [1.807, 2.05) is 48.0 Å². The molecule has 0 saturated carbocycles. The third kappa shape index (κ3) is 6.61. The molecule has 5 aromatic rings. The van der Waals surface area contributed by atoms with E-state index in [2.05, 4.69) is 32.0 Å². The molecule has 5 N–H and O–H groups in total. The van der Waals surface area contributed by atoms with Gasteiger partial charge in [0.2, 0.25) is 21.9 Å². The maximum atomic E-state index is 11.3. The van der Waals surface area contributed by atoms with Gasteiger partial charge in [0.25, 0.3) is 0 Å². The van der Waals surface area contributed by atoms with Gasteiger partial charge in [-0.05, 0) is 65.7 Å². The first-order valence-electron chi connectivity index (χ1n) is 12.1. The summed E-state index contributed by atoms with van der Waals surface area (Å²) in [4.78, 5) is 13.6. The lowest BCUT2D eigenvalue weighted by atomic mass is 10.2. The van der Waals surface area contributed by atoms with Crippen molar-refractivity contribution in [3.63, 3.8) is 0 Å². The highest BCUT2D eigenvalue weighted by molar-refractivity contribution is 7.88. The molecule has 3 aromatic carbocycles. The summed E-state index contributed by atoms with van der Waals surface area (Å²) in [6.45, 7) is 0.548. The summed E-state index contributed by atoms with van der Waals surface area (Å²) in [5.41, 5.74) is 5.19.